The average molecular weight is 402 g/mol. The molecule has 3 rings (SSSR count). The van der Waals surface area contributed by atoms with Gasteiger partial charge in [-0.15, -0.1) is 0 Å². The third-order valence-corrected chi connectivity index (χ3v) is 4.76. The maximum absolute atomic E-state index is 5.68. The molecule has 0 aliphatic rings. The highest BCUT2D eigenvalue weighted by Gasteiger charge is 2.18. The number of hydrogen-bond donors (Lipinski definition) is 0. The third kappa shape index (κ3) is 3.48. The minimum atomic E-state index is 0.522. The van der Waals surface area contributed by atoms with E-state index in [4.69, 9.17) is 14.2 Å². The van der Waals surface area contributed by atoms with Gasteiger partial charge in [0.2, 0.25) is 0 Å². The molecule has 3 aromatic rings. The van der Waals surface area contributed by atoms with E-state index in [-0.39, 0.29) is 0 Å². The van der Waals surface area contributed by atoms with Crippen LogP contribution in [0.5, 0.6) is 11.5 Å². The van der Waals surface area contributed by atoms with Gasteiger partial charge in [-0.05, 0) is 47.7 Å². The van der Waals surface area contributed by atoms with Crippen molar-refractivity contribution in [2.24, 2.45) is 0 Å². The smallest absolute Gasteiger partial charge is 0.130 e. The fraction of sp³-hybridized carbons (Fsp3) is 0.250. The number of pyridine rings is 1. The summed E-state index contributed by atoms with van der Waals surface area (Å²) >= 11 is 3.60. The maximum atomic E-state index is 5.68. The Morgan fingerprint density at radius 3 is 2.36 bits per heavy atom. The summed E-state index contributed by atoms with van der Waals surface area (Å²) in [6, 6.07) is 10.1. The van der Waals surface area contributed by atoms with Crippen molar-refractivity contribution in [2.75, 3.05) is 20.8 Å². The predicted octanol–water partition coefficient (Wildman–Crippen LogP) is 5.22. The quantitative estimate of drug-likeness (QED) is 0.567. The summed E-state index contributed by atoms with van der Waals surface area (Å²) in [5.74, 6) is 1.52. The summed E-state index contributed by atoms with van der Waals surface area (Å²) in [6.45, 7) is 3.16. The van der Waals surface area contributed by atoms with Gasteiger partial charge in [0.1, 0.15) is 11.5 Å². The summed E-state index contributed by atoms with van der Waals surface area (Å²) in [5.41, 5.74) is 2.98. The zero-order valence-corrected chi connectivity index (χ0v) is 16.1. The van der Waals surface area contributed by atoms with Crippen LogP contribution in [0, 0.1) is 0 Å². The molecule has 0 atom stereocenters. The first kappa shape index (κ1) is 17.7. The predicted molar refractivity (Wildman–Crippen MR) is 103 cm³/mol. The Morgan fingerprint density at radius 1 is 1.00 bits per heavy atom. The van der Waals surface area contributed by atoms with Gasteiger partial charge in [0.25, 0.3) is 0 Å². The number of fused-ring (bicyclic) bond motifs is 1. The maximum Gasteiger partial charge on any atom is 0.130 e. The van der Waals surface area contributed by atoms with Crippen LogP contribution in [0.3, 0.4) is 0 Å². The number of aromatic nitrogens is 1. The van der Waals surface area contributed by atoms with Gasteiger partial charge in [0, 0.05) is 28.9 Å². The van der Waals surface area contributed by atoms with Gasteiger partial charge in [0.05, 0.1) is 26.4 Å². The molecule has 0 bridgehead atoms. The second-order valence-electron chi connectivity index (χ2n) is 5.53. The highest BCUT2D eigenvalue weighted by molar-refractivity contribution is 9.10. The van der Waals surface area contributed by atoms with Crippen molar-refractivity contribution >= 4 is 26.7 Å². The van der Waals surface area contributed by atoms with E-state index < -0.39 is 0 Å². The molecule has 5 heteroatoms. The van der Waals surface area contributed by atoms with Crippen LogP contribution >= 0.6 is 15.9 Å². The van der Waals surface area contributed by atoms with Crippen LogP contribution in [-0.2, 0) is 11.3 Å². The van der Waals surface area contributed by atoms with E-state index >= 15 is 0 Å². The highest BCUT2D eigenvalue weighted by Crippen LogP contribution is 2.43. The second-order valence-corrected chi connectivity index (χ2v) is 6.38. The molecule has 1 heterocycles. The number of methoxy groups -OCH3 is 2. The number of nitrogens with zero attached hydrogens (tertiary/aromatic N) is 1. The molecular formula is C20H20BrNO3. The molecule has 0 saturated heterocycles. The van der Waals surface area contributed by atoms with Crippen molar-refractivity contribution < 1.29 is 14.2 Å². The first-order valence-electron chi connectivity index (χ1n) is 8.04. The van der Waals surface area contributed by atoms with Crippen LogP contribution in [0.1, 0.15) is 12.5 Å². The zero-order chi connectivity index (χ0) is 17.8. The van der Waals surface area contributed by atoms with E-state index in [0.29, 0.717) is 13.2 Å². The first-order valence-corrected chi connectivity index (χ1v) is 8.84. The molecule has 2 aromatic carbocycles. The summed E-state index contributed by atoms with van der Waals surface area (Å²) in [6.07, 6.45) is 3.64. The van der Waals surface area contributed by atoms with E-state index in [1.54, 1.807) is 20.4 Å². The zero-order valence-electron chi connectivity index (χ0n) is 14.5. The molecule has 0 amide bonds. The molecule has 0 aliphatic carbocycles. The van der Waals surface area contributed by atoms with E-state index in [2.05, 4.69) is 27.0 Å². The largest absolute Gasteiger partial charge is 0.496 e. The molecule has 0 unspecified atom stereocenters. The Balaban J connectivity index is 2.25. The molecule has 0 N–H and O–H groups in total. The van der Waals surface area contributed by atoms with Crippen molar-refractivity contribution in [3.63, 3.8) is 0 Å². The fourth-order valence-electron chi connectivity index (χ4n) is 2.91. The number of halogens is 1. The first-order chi connectivity index (χ1) is 12.2. The Bertz CT molecular complexity index is 870. The standard InChI is InChI=1S/C20H20BrNO3/c1-4-25-12-13-9-18(23-2)20(19(10-13)24-3)15-5-6-17(21)16-11-22-8-7-14(15)16/h5-11H,4,12H2,1-3H3. The van der Waals surface area contributed by atoms with Gasteiger partial charge in [-0.1, -0.05) is 22.0 Å². The lowest BCUT2D eigenvalue weighted by atomic mass is 9.96. The Labute approximate surface area is 155 Å². The molecule has 0 saturated carbocycles. The number of hydrogen-bond acceptors (Lipinski definition) is 4. The van der Waals surface area contributed by atoms with Gasteiger partial charge < -0.3 is 14.2 Å². The minimum absolute atomic E-state index is 0.522. The molecule has 4 nitrogen and oxygen atoms in total. The molecule has 25 heavy (non-hydrogen) atoms. The summed E-state index contributed by atoms with van der Waals surface area (Å²) < 4.78 is 17.9. The van der Waals surface area contributed by atoms with Gasteiger partial charge in [0.15, 0.2) is 0 Å². The summed E-state index contributed by atoms with van der Waals surface area (Å²) in [5, 5.41) is 2.13. The average Bonchev–Trinajstić information content (AvgIpc) is 2.66. The summed E-state index contributed by atoms with van der Waals surface area (Å²) in [4.78, 5) is 4.23. The molecule has 0 fully saturated rings. The van der Waals surface area contributed by atoms with Crippen LogP contribution in [0.4, 0.5) is 0 Å². The van der Waals surface area contributed by atoms with E-state index in [1.807, 2.05) is 37.4 Å². The third-order valence-electron chi connectivity index (χ3n) is 4.07. The minimum Gasteiger partial charge on any atom is -0.496 e. The van der Waals surface area contributed by atoms with E-state index in [0.717, 1.165) is 43.4 Å². The van der Waals surface area contributed by atoms with Gasteiger partial charge in [-0.3, -0.25) is 4.98 Å². The van der Waals surface area contributed by atoms with Crippen molar-refractivity contribution in [2.45, 2.75) is 13.5 Å². The van der Waals surface area contributed by atoms with Gasteiger partial charge in [-0.2, -0.15) is 0 Å². The van der Waals surface area contributed by atoms with Crippen LogP contribution < -0.4 is 9.47 Å². The lowest BCUT2D eigenvalue weighted by molar-refractivity contribution is 0.133. The van der Waals surface area contributed by atoms with Crippen LogP contribution in [0.15, 0.2) is 47.2 Å². The van der Waals surface area contributed by atoms with E-state index in [1.165, 1.54) is 0 Å². The van der Waals surface area contributed by atoms with Crippen LogP contribution in [0.25, 0.3) is 21.9 Å². The SMILES string of the molecule is CCOCc1cc(OC)c(-c2ccc(Br)c3cnccc23)c(OC)c1. The molecule has 0 radical (unpaired) electrons. The van der Waals surface area contributed by atoms with Crippen molar-refractivity contribution in [1.82, 2.24) is 4.98 Å². The van der Waals surface area contributed by atoms with Gasteiger partial charge >= 0.3 is 0 Å². The molecular weight excluding hydrogens is 382 g/mol. The summed E-state index contributed by atoms with van der Waals surface area (Å²) in [7, 11) is 3.34. The molecule has 130 valence electrons. The number of benzene rings is 2. The molecule has 1 aromatic heterocycles. The van der Waals surface area contributed by atoms with Crippen molar-refractivity contribution in [3.8, 4) is 22.6 Å². The number of rotatable bonds is 6. The fourth-order valence-corrected chi connectivity index (χ4v) is 3.36. The Morgan fingerprint density at radius 2 is 1.72 bits per heavy atom. The second kappa shape index (κ2) is 7.85. The molecule has 0 spiro atoms. The van der Waals surface area contributed by atoms with Crippen LogP contribution in [0.2, 0.25) is 0 Å². The normalized spacial score (nSPS) is 10.9. The van der Waals surface area contributed by atoms with Gasteiger partial charge in [-0.25, -0.2) is 0 Å². The lowest BCUT2D eigenvalue weighted by Gasteiger charge is -2.17. The monoisotopic (exact) mass is 401 g/mol. The Kier molecular flexibility index (Phi) is 5.56. The van der Waals surface area contributed by atoms with Crippen molar-refractivity contribution in [1.29, 1.82) is 0 Å². The lowest BCUT2D eigenvalue weighted by Crippen LogP contribution is -1.99. The van der Waals surface area contributed by atoms with E-state index in [9.17, 15) is 0 Å². The topological polar surface area (TPSA) is 40.6 Å². The number of ether oxygens (including phenoxy) is 3. The molecule has 0 aliphatic heterocycles. The van der Waals surface area contributed by atoms with Crippen LogP contribution in [-0.4, -0.2) is 25.8 Å². The highest BCUT2D eigenvalue weighted by atomic mass is 79.9. The van der Waals surface area contributed by atoms with Crippen molar-refractivity contribution in [3.05, 3.63) is 52.8 Å². The Hall–Kier alpha value is -2.11.